The molecule has 0 amide bonds. The van der Waals surface area contributed by atoms with E-state index in [1.54, 1.807) is 23.9 Å². The fourth-order valence-corrected chi connectivity index (χ4v) is 5.65. The molecule has 2 fully saturated rings. The van der Waals surface area contributed by atoms with E-state index in [9.17, 15) is 9.59 Å². The van der Waals surface area contributed by atoms with Gasteiger partial charge in [0.25, 0.3) is 11.1 Å². The van der Waals surface area contributed by atoms with Crippen LogP contribution in [0.2, 0.25) is 0 Å². The number of fused-ring (bicyclic) bond motifs is 1. The lowest BCUT2D eigenvalue weighted by atomic mass is 9.79. The molecule has 1 aromatic carbocycles. The van der Waals surface area contributed by atoms with E-state index in [0.717, 1.165) is 43.3 Å². The van der Waals surface area contributed by atoms with E-state index in [4.69, 9.17) is 9.72 Å². The minimum absolute atomic E-state index is 0.157. The lowest BCUT2D eigenvalue weighted by Gasteiger charge is -2.49. The molecular weight excluding hydrogens is 510 g/mol. The highest BCUT2D eigenvalue weighted by molar-refractivity contribution is 5.77. The minimum atomic E-state index is -0.277. The molecule has 0 aliphatic carbocycles. The molecule has 6 rings (SSSR count). The van der Waals surface area contributed by atoms with Gasteiger partial charge in [0.15, 0.2) is 11.5 Å². The first-order valence-corrected chi connectivity index (χ1v) is 13.4. The Kier molecular flexibility index (Phi) is 6.41. The molecule has 0 unspecified atom stereocenters. The van der Waals surface area contributed by atoms with Crippen LogP contribution in [0, 0.1) is 5.41 Å². The van der Waals surface area contributed by atoms with Gasteiger partial charge in [-0.1, -0.05) is 6.08 Å². The van der Waals surface area contributed by atoms with Crippen molar-refractivity contribution in [1.82, 2.24) is 34.4 Å². The van der Waals surface area contributed by atoms with Crippen molar-refractivity contribution >= 4 is 28.4 Å². The summed E-state index contributed by atoms with van der Waals surface area (Å²) in [7, 11) is 1.67. The van der Waals surface area contributed by atoms with E-state index >= 15 is 0 Å². The predicted octanol–water partition coefficient (Wildman–Crippen LogP) is 2.46. The first kappa shape index (κ1) is 25.8. The number of anilines is 3. The Morgan fingerprint density at radius 1 is 1.23 bits per heavy atom. The number of methoxy groups -OCH3 is 1. The highest BCUT2D eigenvalue weighted by Gasteiger charge is 2.45. The van der Waals surface area contributed by atoms with Gasteiger partial charge in [0.05, 0.1) is 25.4 Å². The average Bonchev–Trinajstić information content (AvgIpc) is 3.52. The summed E-state index contributed by atoms with van der Waals surface area (Å²) in [6, 6.07) is 8.81. The highest BCUT2D eigenvalue weighted by Crippen LogP contribution is 2.43. The summed E-state index contributed by atoms with van der Waals surface area (Å²) in [5.74, 6) is 1.47. The monoisotopic (exact) mass is 543 g/mol. The summed E-state index contributed by atoms with van der Waals surface area (Å²) in [6.07, 6.45) is 4.33. The van der Waals surface area contributed by atoms with E-state index in [2.05, 4.69) is 32.2 Å². The van der Waals surface area contributed by atoms with Crippen molar-refractivity contribution in [2.75, 3.05) is 43.5 Å². The molecule has 1 spiro atoms. The lowest BCUT2D eigenvalue weighted by Crippen LogP contribution is -2.57. The molecule has 40 heavy (non-hydrogen) atoms. The molecule has 0 atom stereocenters. The molecule has 3 aromatic heterocycles. The van der Waals surface area contributed by atoms with Crippen LogP contribution in [0.1, 0.15) is 26.3 Å². The van der Waals surface area contributed by atoms with Crippen LogP contribution in [0.25, 0.3) is 16.9 Å². The molecule has 5 heterocycles. The topological polar surface area (TPSA) is 124 Å². The van der Waals surface area contributed by atoms with Gasteiger partial charge < -0.3 is 20.3 Å². The predicted molar refractivity (Wildman–Crippen MR) is 154 cm³/mol. The van der Waals surface area contributed by atoms with Crippen molar-refractivity contribution in [2.45, 2.75) is 32.9 Å². The van der Waals surface area contributed by atoms with Gasteiger partial charge in [-0.25, -0.2) is 19.0 Å². The van der Waals surface area contributed by atoms with E-state index in [1.165, 1.54) is 28.0 Å². The number of nitrogens with zero attached hydrogens (tertiary/aromatic N) is 7. The van der Waals surface area contributed by atoms with Crippen molar-refractivity contribution in [3.8, 4) is 11.6 Å². The molecule has 2 aliphatic rings. The van der Waals surface area contributed by atoms with Gasteiger partial charge in [-0.3, -0.25) is 9.59 Å². The zero-order valence-corrected chi connectivity index (χ0v) is 22.9. The Balaban J connectivity index is 1.35. The van der Waals surface area contributed by atoms with Crippen molar-refractivity contribution in [2.24, 2.45) is 5.41 Å². The van der Waals surface area contributed by atoms with Crippen molar-refractivity contribution in [1.29, 1.82) is 0 Å². The summed E-state index contributed by atoms with van der Waals surface area (Å²) in [6.45, 7) is 11.9. The third-order valence-corrected chi connectivity index (χ3v) is 7.66. The first-order chi connectivity index (χ1) is 19.3. The van der Waals surface area contributed by atoms with Crippen molar-refractivity contribution in [3.63, 3.8) is 0 Å². The van der Waals surface area contributed by atoms with Crippen LogP contribution in [-0.4, -0.2) is 62.4 Å². The number of benzene rings is 1. The molecule has 0 radical (unpaired) electrons. The van der Waals surface area contributed by atoms with Crippen LogP contribution in [0.3, 0.4) is 0 Å². The third-order valence-electron chi connectivity index (χ3n) is 7.66. The molecule has 208 valence electrons. The molecule has 2 saturated heterocycles. The fourth-order valence-electron chi connectivity index (χ4n) is 5.65. The number of nitrogens with one attached hydrogen (secondary N) is 2. The Morgan fingerprint density at radius 3 is 2.75 bits per heavy atom. The Bertz CT molecular complexity index is 1700. The maximum Gasteiger partial charge on any atom is 0.278 e. The molecule has 4 aromatic rings. The smallest absolute Gasteiger partial charge is 0.278 e. The van der Waals surface area contributed by atoms with Gasteiger partial charge in [0, 0.05) is 49.1 Å². The van der Waals surface area contributed by atoms with E-state index in [0.29, 0.717) is 28.2 Å². The fraction of sp³-hybridized carbons (Fsp3) is 0.393. The standard InChI is InChI=1S/C28H33N9O3/c1-5-12-35-26(39)20-14-30-27(32-25(20)37(35)23-8-9-24(38)36(33-23)18(2)3)31-19-6-7-21(22(13-19)40-4)34-16-28(17-34)10-11-29-15-28/h5-9,13-14,18,29H,1,10-12,15-17H2,2-4H3,(H,30,31,32). The summed E-state index contributed by atoms with van der Waals surface area (Å²) < 4.78 is 10.2. The second-order valence-electron chi connectivity index (χ2n) is 10.8. The van der Waals surface area contributed by atoms with Gasteiger partial charge in [0.1, 0.15) is 11.1 Å². The summed E-state index contributed by atoms with van der Waals surface area (Å²) >= 11 is 0. The molecule has 0 bridgehead atoms. The second-order valence-corrected chi connectivity index (χ2v) is 10.8. The molecule has 2 N–H and O–H groups in total. The minimum Gasteiger partial charge on any atom is -0.495 e. The van der Waals surface area contributed by atoms with E-state index < -0.39 is 0 Å². The van der Waals surface area contributed by atoms with Crippen LogP contribution >= 0.6 is 0 Å². The normalized spacial score (nSPS) is 16.1. The number of hydrogen-bond acceptors (Lipinski definition) is 9. The molecule has 12 heteroatoms. The number of aromatic nitrogens is 6. The van der Waals surface area contributed by atoms with Crippen molar-refractivity contribution in [3.05, 3.63) is 69.9 Å². The number of allylic oxidation sites excluding steroid dienone is 1. The van der Waals surface area contributed by atoms with Crippen LogP contribution < -0.4 is 31.4 Å². The number of hydrogen-bond donors (Lipinski definition) is 2. The third kappa shape index (κ3) is 4.34. The van der Waals surface area contributed by atoms with E-state index in [-0.39, 0.29) is 23.7 Å². The quantitative estimate of drug-likeness (QED) is 0.323. The first-order valence-electron chi connectivity index (χ1n) is 13.4. The van der Waals surface area contributed by atoms with Crippen LogP contribution in [0.5, 0.6) is 5.75 Å². The average molecular weight is 544 g/mol. The Labute approximate surface area is 230 Å². The largest absolute Gasteiger partial charge is 0.495 e. The molecule has 2 aliphatic heterocycles. The Hall–Kier alpha value is -4.45. The number of rotatable bonds is 8. The Morgan fingerprint density at radius 2 is 2.05 bits per heavy atom. The zero-order chi connectivity index (χ0) is 28.0. The summed E-state index contributed by atoms with van der Waals surface area (Å²) in [5.41, 5.74) is 2.05. The van der Waals surface area contributed by atoms with Gasteiger partial charge in [-0.05, 0) is 45.0 Å². The molecular formula is C28H33N9O3. The highest BCUT2D eigenvalue weighted by atomic mass is 16.5. The van der Waals surface area contributed by atoms with Crippen LogP contribution in [-0.2, 0) is 6.54 Å². The van der Waals surface area contributed by atoms with Gasteiger partial charge in [-0.15, -0.1) is 11.7 Å². The number of ether oxygens (including phenoxy) is 1. The lowest BCUT2D eigenvalue weighted by molar-refractivity contribution is 0.241. The zero-order valence-electron chi connectivity index (χ0n) is 22.9. The summed E-state index contributed by atoms with van der Waals surface area (Å²) in [4.78, 5) is 37.1. The summed E-state index contributed by atoms with van der Waals surface area (Å²) in [5, 5.41) is 11.6. The maximum absolute atomic E-state index is 13.3. The van der Waals surface area contributed by atoms with Gasteiger partial charge in [-0.2, -0.15) is 4.98 Å². The maximum atomic E-state index is 13.3. The van der Waals surface area contributed by atoms with Gasteiger partial charge >= 0.3 is 0 Å². The van der Waals surface area contributed by atoms with Crippen LogP contribution in [0.4, 0.5) is 17.3 Å². The molecule has 0 saturated carbocycles. The second kappa shape index (κ2) is 9.94. The molecule has 12 nitrogen and oxygen atoms in total. The SMILES string of the molecule is C=CCn1c(=O)c2cnc(Nc3ccc(N4CC5(CCNC5)C4)c(OC)c3)nc2n1-c1ccc(=O)n(C(C)C)n1. The van der Waals surface area contributed by atoms with E-state index in [1.807, 2.05) is 32.0 Å². The van der Waals surface area contributed by atoms with Crippen LogP contribution in [0.15, 0.2) is 58.8 Å². The van der Waals surface area contributed by atoms with Crippen molar-refractivity contribution < 1.29 is 4.74 Å². The van der Waals surface area contributed by atoms with Gasteiger partial charge in [0.2, 0.25) is 5.95 Å².